The maximum atomic E-state index is 12.9. The number of phosphoric ester groups is 1. The van der Waals surface area contributed by atoms with E-state index in [0.29, 0.717) is 19.3 Å². The second-order valence-corrected chi connectivity index (χ2v) is 21.9. The first-order valence-electron chi connectivity index (χ1n) is 31.1. The molecule has 0 saturated carbocycles. The van der Waals surface area contributed by atoms with Crippen LogP contribution in [-0.4, -0.2) is 66.5 Å². The molecule has 0 spiro atoms. The molecule has 0 saturated heterocycles. The molecule has 0 fully saturated rings. The highest BCUT2D eigenvalue weighted by atomic mass is 31.2. The minimum Gasteiger partial charge on any atom is -0.462 e. The number of carbonyl (C=O) groups excluding carboxylic acids is 3. The van der Waals surface area contributed by atoms with E-state index in [0.717, 1.165) is 128 Å². The highest BCUT2D eigenvalue weighted by Gasteiger charge is 2.28. The van der Waals surface area contributed by atoms with Crippen molar-refractivity contribution in [3.05, 3.63) is 97.2 Å². The Hall–Kier alpha value is -3.60. The van der Waals surface area contributed by atoms with Crippen molar-refractivity contribution in [1.82, 2.24) is 0 Å². The summed E-state index contributed by atoms with van der Waals surface area (Å²) < 4.78 is 39.6. The Labute approximate surface area is 476 Å². The Kier molecular flexibility index (Phi) is 56.8. The molecule has 2 N–H and O–H groups in total. The van der Waals surface area contributed by atoms with Gasteiger partial charge in [-0.25, -0.2) is 4.57 Å². The van der Waals surface area contributed by atoms with Crippen LogP contribution >= 0.6 is 7.82 Å². The predicted octanol–water partition coefficient (Wildman–Crippen LogP) is 18.8. The Morgan fingerprint density at radius 3 is 1.03 bits per heavy atom. The standard InChI is InChI=1S/C66H113O11P/c1-4-7-10-13-16-19-22-25-28-30-31-33-35-37-40-43-46-49-52-55-64(68)73-59-63(77-66(70)57-54-51-48-45-42-39-36-32-29-26-23-20-17-14-11-8-5-2)61-75-78(71,72)74-60-62(58-67)76-65(69)56-53-50-47-44-41-38-34-27-24-21-18-15-12-9-6-3/h8,11,16-21,25-29,34,36,39,62-63,67H,4-7,9-10,12-15,22-24,30-33,35,37-38,40-61H2,1-3H3,(H,71,72)/b11-8-,19-16-,20-17-,21-18-,28-25-,29-26-,34-27-,39-36-. The van der Waals surface area contributed by atoms with Gasteiger partial charge in [0.05, 0.1) is 19.8 Å². The van der Waals surface area contributed by atoms with Crippen LogP contribution in [0.2, 0.25) is 0 Å². The third-order valence-corrected chi connectivity index (χ3v) is 13.9. The first-order valence-corrected chi connectivity index (χ1v) is 32.6. The Morgan fingerprint density at radius 1 is 0.372 bits per heavy atom. The molecule has 12 heteroatoms. The van der Waals surface area contributed by atoms with E-state index in [-0.39, 0.29) is 25.9 Å². The number of aliphatic hydroxyl groups excluding tert-OH is 1. The van der Waals surface area contributed by atoms with E-state index in [9.17, 15) is 28.9 Å². The fourth-order valence-electron chi connectivity index (χ4n) is 8.23. The molecule has 0 aliphatic carbocycles. The van der Waals surface area contributed by atoms with Crippen molar-refractivity contribution in [1.29, 1.82) is 0 Å². The number of rotatable bonds is 57. The zero-order valence-electron chi connectivity index (χ0n) is 49.6. The van der Waals surface area contributed by atoms with Crippen molar-refractivity contribution in [2.45, 2.75) is 277 Å². The van der Waals surface area contributed by atoms with Crippen molar-refractivity contribution >= 4 is 25.7 Å². The van der Waals surface area contributed by atoms with Gasteiger partial charge >= 0.3 is 25.7 Å². The largest absolute Gasteiger partial charge is 0.472 e. The minimum atomic E-state index is -4.77. The zero-order valence-corrected chi connectivity index (χ0v) is 50.5. The SMILES string of the molecule is CC/C=C\C/C=C\C/C=C\C/C=C\CCCCCCC(=O)OC(COC(=O)CCCCCCCCCCC/C=C\C/C=C\CCCCC)COP(=O)(O)OCC(CO)OC(=O)CCCCCCC/C=C\C/C=C\CCCCC. The van der Waals surface area contributed by atoms with Crippen molar-refractivity contribution in [2.24, 2.45) is 0 Å². The molecule has 0 amide bonds. The number of allylic oxidation sites excluding steroid dienone is 16. The van der Waals surface area contributed by atoms with Gasteiger partial charge in [0, 0.05) is 19.3 Å². The summed E-state index contributed by atoms with van der Waals surface area (Å²) in [4.78, 5) is 48.7. The van der Waals surface area contributed by atoms with E-state index in [1.807, 2.05) is 0 Å². The van der Waals surface area contributed by atoms with Crippen molar-refractivity contribution in [2.75, 3.05) is 26.4 Å². The van der Waals surface area contributed by atoms with Gasteiger partial charge in [0.2, 0.25) is 0 Å². The van der Waals surface area contributed by atoms with E-state index in [1.165, 1.54) is 77.0 Å². The van der Waals surface area contributed by atoms with Gasteiger partial charge in [0.25, 0.3) is 0 Å². The Bertz CT molecular complexity index is 1680. The van der Waals surface area contributed by atoms with E-state index in [1.54, 1.807) is 0 Å². The smallest absolute Gasteiger partial charge is 0.462 e. The molecular weight excluding hydrogens is 1000 g/mol. The minimum absolute atomic E-state index is 0.134. The number of aliphatic hydroxyl groups is 1. The van der Waals surface area contributed by atoms with Crippen LogP contribution in [0.3, 0.4) is 0 Å². The Morgan fingerprint density at radius 2 is 0.667 bits per heavy atom. The van der Waals surface area contributed by atoms with Crippen LogP contribution in [0.5, 0.6) is 0 Å². The zero-order chi connectivity index (χ0) is 56.9. The molecule has 78 heavy (non-hydrogen) atoms. The van der Waals surface area contributed by atoms with Gasteiger partial charge in [-0.2, -0.15) is 0 Å². The third-order valence-electron chi connectivity index (χ3n) is 13.0. The van der Waals surface area contributed by atoms with E-state index < -0.39 is 57.8 Å². The average Bonchev–Trinajstić information content (AvgIpc) is 3.43. The predicted molar refractivity (Wildman–Crippen MR) is 325 cm³/mol. The van der Waals surface area contributed by atoms with Gasteiger partial charge in [-0.05, 0) is 122 Å². The Balaban J connectivity index is 4.77. The molecule has 0 aromatic rings. The highest BCUT2D eigenvalue weighted by molar-refractivity contribution is 7.47. The number of esters is 3. The van der Waals surface area contributed by atoms with Gasteiger partial charge in [-0.15, -0.1) is 0 Å². The lowest BCUT2D eigenvalue weighted by atomic mass is 10.1. The summed E-state index contributed by atoms with van der Waals surface area (Å²) in [7, 11) is -4.77. The highest BCUT2D eigenvalue weighted by Crippen LogP contribution is 2.43. The second kappa shape index (κ2) is 59.5. The van der Waals surface area contributed by atoms with Gasteiger partial charge in [0.1, 0.15) is 12.7 Å². The molecular formula is C66H113O11P. The lowest BCUT2D eigenvalue weighted by Gasteiger charge is -2.21. The topological polar surface area (TPSA) is 155 Å². The van der Waals surface area contributed by atoms with Crippen LogP contribution in [0.25, 0.3) is 0 Å². The monoisotopic (exact) mass is 1110 g/mol. The van der Waals surface area contributed by atoms with Gasteiger partial charge in [0.15, 0.2) is 6.10 Å². The first-order chi connectivity index (χ1) is 38.2. The molecule has 0 bridgehead atoms. The maximum Gasteiger partial charge on any atom is 0.472 e. The molecule has 0 aromatic heterocycles. The fraction of sp³-hybridized carbons (Fsp3) is 0.712. The molecule has 0 aliphatic heterocycles. The molecule has 0 heterocycles. The third kappa shape index (κ3) is 57.1. The molecule has 11 nitrogen and oxygen atoms in total. The number of ether oxygens (including phenoxy) is 3. The van der Waals surface area contributed by atoms with Crippen LogP contribution in [0.1, 0.15) is 265 Å². The van der Waals surface area contributed by atoms with Crippen molar-refractivity contribution in [3.8, 4) is 0 Å². The van der Waals surface area contributed by atoms with Crippen LogP contribution in [0, 0.1) is 0 Å². The fourth-order valence-corrected chi connectivity index (χ4v) is 9.01. The summed E-state index contributed by atoms with van der Waals surface area (Å²) in [6, 6.07) is 0. The lowest BCUT2D eigenvalue weighted by molar-refractivity contribution is -0.161. The average molecular weight is 1110 g/mol. The summed E-state index contributed by atoms with van der Waals surface area (Å²) in [5, 5.41) is 9.84. The van der Waals surface area contributed by atoms with E-state index >= 15 is 0 Å². The first kappa shape index (κ1) is 74.4. The number of phosphoric acid groups is 1. The number of unbranched alkanes of at least 4 members (excludes halogenated alkanes) is 24. The number of hydrogen-bond acceptors (Lipinski definition) is 10. The van der Waals surface area contributed by atoms with Gasteiger partial charge in [-0.3, -0.25) is 23.4 Å². The number of carbonyl (C=O) groups is 3. The summed E-state index contributed by atoms with van der Waals surface area (Å²) >= 11 is 0. The maximum absolute atomic E-state index is 12.9. The van der Waals surface area contributed by atoms with E-state index in [4.69, 9.17) is 23.3 Å². The van der Waals surface area contributed by atoms with Gasteiger partial charge in [-0.1, -0.05) is 221 Å². The quantitative estimate of drug-likeness (QED) is 0.0197. The molecule has 448 valence electrons. The molecule has 0 aromatic carbocycles. The molecule has 3 unspecified atom stereocenters. The number of hydrogen-bond donors (Lipinski definition) is 2. The van der Waals surface area contributed by atoms with Crippen LogP contribution < -0.4 is 0 Å². The molecule has 0 radical (unpaired) electrons. The van der Waals surface area contributed by atoms with E-state index in [2.05, 4.69) is 118 Å². The van der Waals surface area contributed by atoms with Crippen LogP contribution in [0.15, 0.2) is 97.2 Å². The molecule has 0 rings (SSSR count). The molecule has 0 aliphatic rings. The summed E-state index contributed by atoms with van der Waals surface area (Å²) in [6.07, 6.45) is 70.7. The lowest BCUT2D eigenvalue weighted by Crippen LogP contribution is -2.30. The van der Waals surface area contributed by atoms with Crippen LogP contribution in [-0.2, 0) is 42.2 Å². The second-order valence-electron chi connectivity index (χ2n) is 20.5. The van der Waals surface area contributed by atoms with Crippen molar-refractivity contribution < 1.29 is 52.2 Å². The summed E-state index contributed by atoms with van der Waals surface area (Å²) in [6.45, 7) is 4.45. The van der Waals surface area contributed by atoms with Crippen LogP contribution in [0.4, 0.5) is 0 Å². The summed E-state index contributed by atoms with van der Waals surface area (Å²) in [5.41, 5.74) is 0. The normalized spacial score (nSPS) is 14.0. The summed E-state index contributed by atoms with van der Waals surface area (Å²) in [5.74, 6) is -1.51. The molecule has 3 atom stereocenters. The van der Waals surface area contributed by atoms with Crippen molar-refractivity contribution in [3.63, 3.8) is 0 Å². The van der Waals surface area contributed by atoms with Gasteiger partial charge < -0.3 is 24.2 Å².